The van der Waals surface area contributed by atoms with E-state index in [2.05, 4.69) is 10.3 Å². The Bertz CT molecular complexity index is 901. The summed E-state index contributed by atoms with van der Waals surface area (Å²) in [6.45, 7) is 0.156. The van der Waals surface area contributed by atoms with Crippen LogP contribution in [-0.2, 0) is 9.59 Å². The smallest absolute Gasteiger partial charge is 0.271 e. The van der Waals surface area contributed by atoms with Crippen molar-refractivity contribution in [1.29, 1.82) is 0 Å². The van der Waals surface area contributed by atoms with Crippen molar-refractivity contribution in [1.82, 2.24) is 0 Å². The summed E-state index contributed by atoms with van der Waals surface area (Å²) >= 11 is 1.19. The van der Waals surface area contributed by atoms with Crippen LogP contribution in [0.3, 0.4) is 0 Å². The van der Waals surface area contributed by atoms with Crippen LogP contribution in [0.5, 0.6) is 5.75 Å². The summed E-state index contributed by atoms with van der Waals surface area (Å²) < 4.78 is 5.55. The monoisotopic (exact) mass is 385 g/mol. The summed E-state index contributed by atoms with van der Waals surface area (Å²) in [5.74, 6) is -0.136. The first-order valence-electron chi connectivity index (χ1n) is 8.01. The molecule has 0 aromatic heterocycles. The Morgan fingerprint density at radius 3 is 2.74 bits per heavy atom. The number of para-hydroxylation sites is 1. The van der Waals surface area contributed by atoms with Crippen molar-refractivity contribution in [2.75, 3.05) is 11.9 Å². The van der Waals surface area contributed by atoms with Gasteiger partial charge in [0, 0.05) is 24.2 Å². The molecule has 3 rings (SSSR count). The molecule has 0 spiro atoms. The van der Waals surface area contributed by atoms with E-state index in [1.807, 2.05) is 18.2 Å². The Morgan fingerprint density at radius 1 is 1.22 bits per heavy atom. The Morgan fingerprint density at radius 2 is 2.00 bits per heavy atom. The van der Waals surface area contributed by atoms with Crippen LogP contribution >= 0.6 is 11.8 Å². The average Bonchev–Trinajstić information content (AvgIpc) is 3.00. The van der Waals surface area contributed by atoms with E-state index < -0.39 is 16.1 Å². The van der Waals surface area contributed by atoms with Gasteiger partial charge >= 0.3 is 0 Å². The molecule has 2 aromatic rings. The van der Waals surface area contributed by atoms with Crippen molar-refractivity contribution in [3.05, 3.63) is 64.7 Å². The third kappa shape index (κ3) is 5.14. The molecule has 8 nitrogen and oxygen atoms in total. The third-order valence-corrected chi connectivity index (χ3v) is 4.74. The maximum atomic E-state index is 12.2. The fraction of sp³-hybridized carbons (Fsp3) is 0.167. The molecular weight excluding hydrogens is 370 g/mol. The molecule has 0 unspecified atom stereocenters. The molecular formula is C18H15N3O5S. The quantitative estimate of drug-likeness (QED) is 0.579. The second-order valence-corrected chi connectivity index (χ2v) is 6.89. The van der Waals surface area contributed by atoms with Gasteiger partial charge in [-0.05, 0) is 18.2 Å². The molecule has 1 atom stereocenters. The largest absolute Gasteiger partial charge is 0.487 e. The number of thioether (sulfide) groups is 1. The van der Waals surface area contributed by atoms with Crippen molar-refractivity contribution in [2.24, 2.45) is 4.99 Å². The van der Waals surface area contributed by atoms with Gasteiger partial charge in [0.2, 0.25) is 5.91 Å². The highest BCUT2D eigenvalue weighted by Gasteiger charge is 2.30. The van der Waals surface area contributed by atoms with E-state index in [1.54, 1.807) is 18.2 Å². The van der Waals surface area contributed by atoms with Gasteiger partial charge in [0.25, 0.3) is 11.6 Å². The molecule has 2 amide bonds. The molecule has 0 saturated carbocycles. The van der Waals surface area contributed by atoms with Crippen molar-refractivity contribution in [2.45, 2.75) is 11.7 Å². The fourth-order valence-corrected chi connectivity index (χ4v) is 3.36. The summed E-state index contributed by atoms with van der Waals surface area (Å²) in [5.41, 5.74) is 0.181. The summed E-state index contributed by atoms with van der Waals surface area (Å²) in [6, 6.07) is 14.8. The number of ether oxygens (including phenoxy) is 1. The van der Waals surface area contributed by atoms with E-state index in [9.17, 15) is 19.7 Å². The van der Waals surface area contributed by atoms with Crippen LogP contribution in [0.2, 0.25) is 0 Å². The van der Waals surface area contributed by atoms with Crippen LogP contribution in [0.15, 0.2) is 59.6 Å². The highest BCUT2D eigenvalue weighted by atomic mass is 32.2. The predicted octanol–water partition coefficient (Wildman–Crippen LogP) is 3.04. The molecule has 2 aromatic carbocycles. The maximum absolute atomic E-state index is 12.2. The van der Waals surface area contributed by atoms with E-state index in [0.717, 1.165) is 0 Å². The lowest BCUT2D eigenvalue weighted by atomic mass is 10.2. The molecule has 1 aliphatic heterocycles. The second-order valence-electron chi connectivity index (χ2n) is 5.61. The van der Waals surface area contributed by atoms with Gasteiger partial charge in [0.1, 0.15) is 22.7 Å². The fourth-order valence-electron chi connectivity index (χ4n) is 2.37. The van der Waals surface area contributed by atoms with Crippen LogP contribution in [-0.4, -0.2) is 33.6 Å². The number of hydrogen-bond donors (Lipinski definition) is 1. The zero-order chi connectivity index (χ0) is 19.2. The van der Waals surface area contributed by atoms with Gasteiger partial charge < -0.3 is 10.1 Å². The number of nitro groups is 1. The minimum Gasteiger partial charge on any atom is -0.487 e. The normalized spacial score (nSPS) is 15.9. The Labute approximate surface area is 158 Å². The van der Waals surface area contributed by atoms with E-state index in [1.165, 1.54) is 30.0 Å². The number of hydrogen-bond acceptors (Lipinski definition) is 6. The molecule has 9 heteroatoms. The maximum Gasteiger partial charge on any atom is 0.271 e. The van der Waals surface area contributed by atoms with Crippen molar-refractivity contribution in [3.63, 3.8) is 0 Å². The highest BCUT2D eigenvalue weighted by molar-refractivity contribution is 8.15. The topological polar surface area (TPSA) is 111 Å². The zero-order valence-electron chi connectivity index (χ0n) is 14.0. The van der Waals surface area contributed by atoms with E-state index in [-0.39, 0.29) is 24.6 Å². The third-order valence-electron chi connectivity index (χ3n) is 3.61. The van der Waals surface area contributed by atoms with E-state index >= 15 is 0 Å². The van der Waals surface area contributed by atoms with Gasteiger partial charge in [-0.15, -0.1) is 0 Å². The van der Waals surface area contributed by atoms with Gasteiger partial charge in [-0.1, -0.05) is 36.0 Å². The number of non-ortho nitro benzene ring substituents is 1. The van der Waals surface area contributed by atoms with Gasteiger partial charge in [-0.25, -0.2) is 4.99 Å². The van der Waals surface area contributed by atoms with Crippen molar-refractivity contribution in [3.8, 4) is 5.75 Å². The number of carbonyl (C=O) groups is 2. The standard InChI is InChI=1S/C18H15N3O5S/c22-16(19-12-5-4-6-13(9-12)21(24)25)10-15-18(23)20-17(27-15)11-26-14-7-2-1-3-8-14/h1-9,15H,10-11H2,(H,19,22)/t15-/m1/s1. The van der Waals surface area contributed by atoms with Gasteiger partial charge in [-0.3, -0.25) is 19.7 Å². The summed E-state index contributed by atoms with van der Waals surface area (Å²) in [6.07, 6.45) is -0.0788. The van der Waals surface area contributed by atoms with Crippen LogP contribution < -0.4 is 10.1 Å². The SMILES string of the molecule is O=C(C[C@H]1SC(COc2ccccc2)=NC1=O)Nc1cccc([N+](=O)[O-])c1. The molecule has 27 heavy (non-hydrogen) atoms. The van der Waals surface area contributed by atoms with Crippen LogP contribution in [0.4, 0.5) is 11.4 Å². The number of nitrogens with one attached hydrogen (secondary N) is 1. The lowest BCUT2D eigenvalue weighted by molar-refractivity contribution is -0.384. The Hall–Kier alpha value is -3.20. The van der Waals surface area contributed by atoms with Crippen LogP contribution in [0, 0.1) is 10.1 Å². The molecule has 0 fully saturated rings. The lowest BCUT2D eigenvalue weighted by Crippen LogP contribution is -2.21. The van der Waals surface area contributed by atoms with Crippen molar-refractivity contribution < 1.29 is 19.2 Å². The zero-order valence-corrected chi connectivity index (χ0v) is 14.8. The average molecular weight is 385 g/mol. The van der Waals surface area contributed by atoms with E-state index in [0.29, 0.717) is 16.5 Å². The summed E-state index contributed by atoms with van der Waals surface area (Å²) in [7, 11) is 0. The number of nitro benzene ring substituents is 1. The molecule has 138 valence electrons. The highest BCUT2D eigenvalue weighted by Crippen LogP contribution is 2.26. The lowest BCUT2D eigenvalue weighted by Gasteiger charge is -2.09. The number of amides is 2. The summed E-state index contributed by atoms with van der Waals surface area (Å²) in [4.78, 5) is 38.3. The minimum atomic E-state index is -0.627. The second kappa shape index (κ2) is 8.45. The predicted molar refractivity (Wildman–Crippen MR) is 102 cm³/mol. The number of aliphatic imine (C=N–C) groups is 1. The first kappa shape index (κ1) is 18.6. The summed E-state index contributed by atoms with van der Waals surface area (Å²) in [5, 5.41) is 13.2. The van der Waals surface area contributed by atoms with Gasteiger partial charge in [0.15, 0.2) is 0 Å². The van der Waals surface area contributed by atoms with Gasteiger partial charge in [0.05, 0.1) is 4.92 Å². The van der Waals surface area contributed by atoms with Gasteiger partial charge in [-0.2, -0.15) is 0 Å². The van der Waals surface area contributed by atoms with E-state index in [4.69, 9.17) is 4.74 Å². The first-order chi connectivity index (χ1) is 13.0. The number of anilines is 1. The molecule has 0 bridgehead atoms. The number of carbonyl (C=O) groups excluding carboxylic acids is 2. The molecule has 1 aliphatic rings. The molecule has 0 aliphatic carbocycles. The molecule has 1 N–H and O–H groups in total. The van der Waals surface area contributed by atoms with Crippen molar-refractivity contribution >= 4 is 40.0 Å². The molecule has 1 heterocycles. The van der Waals surface area contributed by atoms with Crippen LogP contribution in [0.25, 0.3) is 0 Å². The number of benzene rings is 2. The molecule has 0 saturated heterocycles. The number of nitrogens with zero attached hydrogens (tertiary/aromatic N) is 2. The van der Waals surface area contributed by atoms with Crippen LogP contribution in [0.1, 0.15) is 6.42 Å². The minimum absolute atomic E-state index is 0.0788. The Balaban J connectivity index is 1.51. The number of rotatable bonds is 7. The molecule has 0 radical (unpaired) electrons. The Kier molecular flexibility index (Phi) is 5.82. The first-order valence-corrected chi connectivity index (χ1v) is 8.89.